The summed E-state index contributed by atoms with van der Waals surface area (Å²) < 4.78 is 12.5. The SMILES string of the molecule is Clc1cccc2c1oc1cncc(C3=NC(c4ccccc4)NC(c4cccc5c4oc4ccccc45)N3)c12. The van der Waals surface area contributed by atoms with Crippen molar-refractivity contribution in [2.24, 2.45) is 4.99 Å². The van der Waals surface area contributed by atoms with Gasteiger partial charge in [0.2, 0.25) is 0 Å². The molecule has 2 atom stereocenters. The van der Waals surface area contributed by atoms with Crippen molar-refractivity contribution in [2.45, 2.75) is 12.3 Å². The second-order valence-electron chi connectivity index (χ2n) is 9.64. The third kappa shape index (κ3) is 3.53. The number of aliphatic imine (C=N–C) groups is 1. The Morgan fingerprint density at radius 2 is 1.46 bits per heavy atom. The maximum Gasteiger partial charge on any atom is 0.154 e. The lowest BCUT2D eigenvalue weighted by Crippen LogP contribution is -2.45. The van der Waals surface area contributed by atoms with E-state index in [1.165, 1.54) is 0 Å². The molecule has 1 aliphatic rings. The number of amidine groups is 1. The van der Waals surface area contributed by atoms with Crippen LogP contribution < -0.4 is 10.6 Å². The molecule has 8 rings (SSSR count). The Hall–Kier alpha value is -4.65. The van der Waals surface area contributed by atoms with E-state index in [1.54, 1.807) is 6.20 Å². The van der Waals surface area contributed by atoms with E-state index in [-0.39, 0.29) is 12.3 Å². The highest BCUT2D eigenvalue weighted by Crippen LogP contribution is 2.37. The van der Waals surface area contributed by atoms with Crippen molar-refractivity contribution in [3.05, 3.63) is 125 Å². The van der Waals surface area contributed by atoms with E-state index in [0.717, 1.165) is 49.4 Å². The number of nitrogens with zero attached hydrogens (tertiary/aromatic N) is 2. The van der Waals surface area contributed by atoms with Crippen LogP contribution in [0.4, 0.5) is 0 Å². The third-order valence-corrected chi connectivity index (χ3v) is 7.64. The average Bonchev–Trinajstić information content (AvgIpc) is 3.57. The van der Waals surface area contributed by atoms with Gasteiger partial charge in [-0.05, 0) is 17.7 Å². The number of aromatic nitrogens is 1. The van der Waals surface area contributed by atoms with Gasteiger partial charge in [-0.15, -0.1) is 0 Å². The quantitative estimate of drug-likeness (QED) is 0.244. The first-order chi connectivity index (χ1) is 19.2. The topological polar surface area (TPSA) is 75.6 Å². The summed E-state index contributed by atoms with van der Waals surface area (Å²) in [7, 11) is 0. The average molecular weight is 529 g/mol. The molecule has 0 aliphatic carbocycles. The minimum Gasteiger partial charge on any atom is -0.456 e. The third-order valence-electron chi connectivity index (χ3n) is 7.34. The highest BCUT2D eigenvalue weighted by Gasteiger charge is 2.29. The molecule has 0 radical (unpaired) electrons. The van der Waals surface area contributed by atoms with Crippen molar-refractivity contribution < 1.29 is 8.83 Å². The Morgan fingerprint density at radius 1 is 0.692 bits per heavy atom. The van der Waals surface area contributed by atoms with Crippen molar-refractivity contribution in [2.75, 3.05) is 0 Å². The van der Waals surface area contributed by atoms with Crippen LogP contribution in [0.5, 0.6) is 0 Å². The van der Waals surface area contributed by atoms with E-state index in [4.69, 9.17) is 25.4 Å². The first-order valence-corrected chi connectivity index (χ1v) is 13.1. The molecule has 2 unspecified atom stereocenters. The van der Waals surface area contributed by atoms with Gasteiger partial charge in [-0.2, -0.15) is 0 Å². The molecular formula is C32H21ClN4O2. The van der Waals surface area contributed by atoms with Crippen LogP contribution in [0.15, 0.2) is 117 Å². The van der Waals surface area contributed by atoms with Crippen LogP contribution in [0.2, 0.25) is 5.02 Å². The van der Waals surface area contributed by atoms with Crippen LogP contribution in [0.3, 0.4) is 0 Å². The van der Waals surface area contributed by atoms with Gasteiger partial charge in [-0.25, -0.2) is 4.99 Å². The number of halogens is 1. The smallest absolute Gasteiger partial charge is 0.154 e. The molecule has 7 heteroatoms. The summed E-state index contributed by atoms with van der Waals surface area (Å²) in [6.45, 7) is 0. The van der Waals surface area contributed by atoms with Crippen LogP contribution in [0.1, 0.15) is 29.0 Å². The summed E-state index contributed by atoms with van der Waals surface area (Å²) in [4.78, 5) is 9.62. The molecule has 0 bridgehead atoms. The lowest BCUT2D eigenvalue weighted by atomic mass is 10.0. The largest absolute Gasteiger partial charge is 0.456 e. The maximum atomic E-state index is 6.48. The number of benzene rings is 4. The van der Waals surface area contributed by atoms with Gasteiger partial charge in [0.05, 0.1) is 11.2 Å². The first kappa shape index (κ1) is 22.3. The molecule has 4 heterocycles. The van der Waals surface area contributed by atoms with E-state index in [1.807, 2.05) is 60.8 Å². The Morgan fingerprint density at radius 3 is 2.38 bits per heavy atom. The summed E-state index contributed by atoms with van der Waals surface area (Å²) >= 11 is 6.48. The van der Waals surface area contributed by atoms with Gasteiger partial charge in [-0.1, -0.05) is 90.5 Å². The predicted molar refractivity (Wildman–Crippen MR) is 155 cm³/mol. The van der Waals surface area contributed by atoms with Crippen LogP contribution in [0, 0.1) is 0 Å². The zero-order valence-electron chi connectivity index (χ0n) is 20.6. The van der Waals surface area contributed by atoms with E-state index < -0.39 is 0 Å². The lowest BCUT2D eigenvalue weighted by Gasteiger charge is -2.32. The molecule has 2 N–H and O–H groups in total. The number of rotatable bonds is 3. The van der Waals surface area contributed by atoms with Crippen molar-refractivity contribution in [3.63, 3.8) is 0 Å². The van der Waals surface area contributed by atoms with Crippen molar-refractivity contribution in [1.29, 1.82) is 0 Å². The number of furan rings is 2. The van der Waals surface area contributed by atoms with Crippen molar-refractivity contribution in [3.8, 4) is 0 Å². The molecular weight excluding hydrogens is 508 g/mol. The summed E-state index contributed by atoms with van der Waals surface area (Å²) in [5.41, 5.74) is 5.90. The molecule has 188 valence electrons. The Kier molecular flexibility index (Phi) is 4.98. The number of hydrogen-bond acceptors (Lipinski definition) is 6. The van der Waals surface area contributed by atoms with E-state index in [0.29, 0.717) is 22.0 Å². The van der Waals surface area contributed by atoms with Crippen LogP contribution in [-0.4, -0.2) is 10.8 Å². The van der Waals surface area contributed by atoms with Crippen LogP contribution in [-0.2, 0) is 0 Å². The highest BCUT2D eigenvalue weighted by molar-refractivity contribution is 6.36. The summed E-state index contributed by atoms with van der Waals surface area (Å²) in [5, 5.41) is 11.9. The van der Waals surface area contributed by atoms with Gasteiger partial charge in [0.15, 0.2) is 11.2 Å². The molecule has 0 saturated heterocycles. The van der Waals surface area contributed by atoms with E-state index in [9.17, 15) is 0 Å². The Bertz CT molecular complexity index is 2060. The summed E-state index contributed by atoms with van der Waals surface area (Å²) in [6.07, 6.45) is 2.96. The van der Waals surface area contributed by atoms with Crippen LogP contribution >= 0.6 is 11.6 Å². The molecule has 3 aromatic heterocycles. The molecule has 7 aromatic rings. The fourth-order valence-corrected chi connectivity index (χ4v) is 5.77. The number of para-hydroxylation sites is 3. The second kappa shape index (κ2) is 8.70. The van der Waals surface area contributed by atoms with Gasteiger partial charge >= 0.3 is 0 Å². The number of fused-ring (bicyclic) bond motifs is 6. The lowest BCUT2D eigenvalue weighted by molar-refractivity contribution is 0.408. The van der Waals surface area contributed by atoms with Gasteiger partial charge in [0, 0.05) is 38.9 Å². The monoisotopic (exact) mass is 528 g/mol. The minimum absolute atomic E-state index is 0.288. The predicted octanol–water partition coefficient (Wildman–Crippen LogP) is 7.87. The number of nitrogens with one attached hydrogen (secondary N) is 2. The summed E-state index contributed by atoms with van der Waals surface area (Å²) in [6, 6.07) is 30.4. The molecule has 0 spiro atoms. The van der Waals surface area contributed by atoms with Crippen LogP contribution in [0.25, 0.3) is 43.9 Å². The zero-order valence-corrected chi connectivity index (χ0v) is 21.3. The van der Waals surface area contributed by atoms with Crippen molar-refractivity contribution >= 4 is 61.3 Å². The molecule has 4 aromatic carbocycles. The van der Waals surface area contributed by atoms with E-state index in [2.05, 4.69) is 52.0 Å². The first-order valence-electron chi connectivity index (χ1n) is 12.8. The maximum absolute atomic E-state index is 6.48. The van der Waals surface area contributed by atoms with Crippen molar-refractivity contribution in [1.82, 2.24) is 15.6 Å². The normalized spacial score (nSPS) is 17.6. The second-order valence-corrected chi connectivity index (χ2v) is 10.0. The Balaban J connectivity index is 1.33. The molecule has 0 saturated carbocycles. The molecule has 6 nitrogen and oxygen atoms in total. The Labute approximate surface area is 227 Å². The molecule has 0 fully saturated rings. The zero-order chi connectivity index (χ0) is 25.9. The fraction of sp³-hybridized carbons (Fsp3) is 0.0625. The minimum atomic E-state index is -0.302. The molecule has 39 heavy (non-hydrogen) atoms. The van der Waals surface area contributed by atoms with E-state index >= 15 is 0 Å². The van der Waals surface area contributed by atoms with Gasteiger partial charge in [0.25, 0.3) is 0 Å². The molecule has 0 amide bonds. The highest BCUT2D eigenvalue weighted by atomic mass is 35.5. The number of pyridine rings is 1. The van der Waals surface area contributed by atoms with Gasteiger partial charge in [0.1, 0.15) is 29.3 Å². The fourth-order valence-electron chi connectivity index (χ4n) is 5.55. The standard InChI is InChI=1S/C32H21ClN4O2/c33-24-14-7-12-21-27-23(16-34-17-26(27)39-29(21)24)32-36-30(18-8-2-1-3-9-18)35-31(37-32)22-13-6-11-20-19-10-4-5-15-25(19)38-28(20)22/h1-17,30-31,35H,(H,36,37). The van der Waals surface area contributed by atoms with Gasteiger partial charge in [-0.3, -0.25) is 10.3 Å². The molecule has 1 aliphatic heterocycles. The number of hydrogen-bond donors (Lipinski definition) is 2. The summed E-state index contributed by atoms with van der Waals surface area (Å²) in [5.74, 6) is 0.710. The van der Waals surface area contributed by atoms with Gasteiger partial charge < -0.3 is 14.2 Å².